The molecule has 9 heteroatoms. The average Bonchev–Trinajstić information content (AvgIpc) is 3.25. The third kappa shape index (κ3) is 2.38. The lowest BCUT2D eigenvalue weighted by Crippen LogP contribution is -2.40. The first-order chi connectivity index (χ1) is 12.5. The van der Waals surface area contributed by atoms with E-state index in [4.69, 9.17) is 4.74 Å². The van der Waals surface area contributed by atoms with Gasteiger partial charge in [-0.25, -0.2) is 9.99 Å². The van der Waals surface area contributed by atoms with Crippen molar-refractivity contribution < 1.29 is 4.74 Å². The fraction of sp³-hybridized carbons (Fsp3) is 0.529. The quantitative estimate of drug-likeness (QED) is 0.617. The van der Waals surface area contributed by atoms with Gasteiger partial charge in [-0.05, 0) is 26.3 Å². The van der Waals surface area contributed by atoms with Crippen LogP contribution >= 0.6 is 23.1 Å². The molecule has 0 aromatic carbocycles. The molecule has 2 aromatic rings. The van der Waals surface area contributed by atoms with Gasteiger partial charge in [-0.15, -0.1) is 28.1 Å². The average molecular weight is 391 g/mol. The van der Waals surface area contributed by atoms with Crippen molar-refractivity contribution in [1.29, 1.82) is 0 Å². The largest absolute Gasteiger partial charge is 0.370 e. The van der Waals surface area contributed by atoms with E-state index < -0.39 is 0 Å². The van der Waals surface area contributed by atoms with Crippen molar-refractivity contribution in [2.45, 2.75) is 56.9 Å². The number of ether oxygens (including phenoxy) is 1. The maximum atomic E-state index is 6.07. The summed E-state index contributed by atoms with van der Waals surface area (Å²) in [5.74, 6) is 1.64. The predicted molar refractivity (Wildman–Crippen MR) is 104 cm³/mol. The standard InChI is InChI=1S/C17H22N6OS2/c1-5-6-25-16-20-19-15-22(16)14-12(13-18-9(2)21-23(13)15)10-7-17(3,4)24-8-11(10)26-14/h5,9,13,18,21H,1,6-8H2,2-4H3. The zero-order chi connectivity index (χ0) is 18.1. The number of hydrogen-bond acceptors (Lipinski definition) is 8. The highest BCUT2D eigenvalue weighted by Gasteiger charge is 2.45. The molecule has 0 radical (unpaired) electrons. The minimum Gasteiger partial charge on any atom is -0.370 e. The monoisotopic (exact) mass is 390 g/mol. The number of hydrogen-bond donors (Lipinski definition) is 2. The molecule has 3 aliphatic rings. The fourth-order valence-electron chi connectivity index (χ4n) is 3.85. The smallest absolute Gasteiger partial charge is 0.249 e. The minimum atomic E-state index is -0.141. The summed E-state index contributed by atoms with van der Waals surface area (Å²) in [4.78, 5) is 1.32. The molecule has 0 saturated carbocycles. The van der Waals surface area contributed by atoms with E-state index >= 15 is 0 Å². The van der Waals surface area contributed by atoms with Crippen molar-refractivity contribution >= 4 is 29.0 Å². The number of aromatic nitrogens is 3. The van der Waals surface area contributed by atoms with E-state index in [1.807, 2.05) is 17.4 Å². The highest BCUT2D eigenvalue weighted by molar-refractivity contribution is 7.99. The first-order valence-electron chi connectivity index (χ1n) is 8.78. The van der Waals surface area contributed by atoms with Crippen LogP contribution in [0.15, 0.2) is 17.8 Å². The molecule has 2 unspecified atom stereocenters. The van der Waals surface area contributed by atoms with Crippen molar-refractivity contribution in [2.24, 2.45) is 0 Å². The van der Waals surface area contributed by atoms with Gasteiger partial charge in [0.25, 0.3) is 0 Å². The highest BCUT2D eigenvalue weighted by atomic mass is 32.2. The Kier molecular flexibility index (Phi) is 3.74. The summed E-state index contributed by atoms with van der Waals surface area (Å²) in [5, 5.41) is 16.8. The van der Waals surface area contributed by atoms with E-state index in [9.17, 15) is 0 Å². The van der Waals surface area contributed by atoms with Gasteiger partial charge < -0.3 is 4.74 Å². The van der Waals surface area contributed by atoms with E-state index in [0.717, 1.165) is 23.3 Å². The summed E-state index contributed by atoms with van der Waals surface area (Å²) in [6, 6.07) is 0. The van der Waals surface area contributed by atoms with Crippen LogP contribution in [0.2, 0.25) is 0 Å². The lowest BCUT2D eigenvalue weighted by Gasteiger charge is -2.34. The van der Waals surface area contributed by atoms with Crippen LogP contribution in [0.25, 0.3) is 5.00 Å². The van der Waals surface area contributed by atoms with E-state index in [1.165, 1.54) is 21.0 Å². The molecule has 1 fully saturated rings. The number of hydrazine groups is 1. The summed E-state index contributed by atoms with van der Waals surface area (Å²) in [6.07, 6.45) is 3.06. The van der Waals surface area contributed by atoms with Gasteiger partial charge >= 0.3 is 0 Å². The predicted octanol–water partition coefficient (Wildman–Crippen LogP) is 2.73. The van der Waals surface area contributed by atoms with Gasteiger partial charge in [-0.1, -0.05) is 17.8 Å². The number of nitrogens with zero attached hydrogens (tertiary/aromatic N) is 4. The normalized spacial score (nSPS) is 25.4. The molecule has 0 spiro atoms. The van der Waals surface area contributed by atoms with Crippen molar-refractivity contribution in [3.05, 3.63) is 28.7 Å². The van der Waals surface area contributed by atoms with Crippen LogP contribution in [-0.2, 0) is 17.8 Å². The van der Waals surface area contributed by atoms with Crippen LogP contribution in [0.3, 0.4) is 0 Å². The number of fused-ring (bicyclic) bond motifs is 8. The van der Waals surface area contributed by atoms with Gasteiger partial charge in [0, 0.05) is 22.6 Å². The van der Waals surface area contributed by atoms with Gasteiger partial charge in [0.1, 0.15) is 11.2 Å². The minimum absolute atomic E-state index is 0.0721. The molecule has 0 aliphatic carbocycles. The second-order valence-corrected chi connectivity index (χ2v) is 9.53. The Labute approximate surface area is 160 Å². The van der Waals surface area contributed by atoms with E-state index in [1.54, 1.807) is 11.8 Å². The molecule has 3 aliphatic heterocycles. The number of anilines is 1. The van der Waals surface area contributed by atoms with Gasteiger partial charge in [0.2, 0.25) is 5.95 Å². The SMILES string of the molecule is C=CCSc1nnc2n1-c1sc3c(c1C1NC(C)NN21)CC(C)(C)OC3. The van der Waals surface area contributed by atoms with Crippen molar-refractivity contribution in [1.82, 2.24) is 25.5 Å². The lowest BCUT2D eigenvalue weighted by atomic mass is 9.92. The van der Waals surface area contributed by atoms with Crippen molar-refractivity contribution in [3.63, 3.8) is 0 Å². The second-order valence-electron chi connectivity index (χ2n) is 7.46. The summed E-state index contributed by atoms with van der Waals surface area (Å²) in [5.41, 5.74) is 6.10. The molecule has 26 heavy (non-hydrogen) atoms. The molecule has 2 N–H and O–H groups in total. The summed E-state index contributed by atoms with van der Waals surface area (Å²) in [6.45, 7) is 10.9. The highest BCUT2D eigenvalue weighted by Crippen LogP contribution is 2.48. The number of nitrogens with one attached hydrogen (secondary N) is 2. The fourth-order valence-corrected chi connectivity index (χ4v) is 5.84. The zero-order valence-corrected chi connectivity index (χ0v) is 16.7. The molecule has 1 saturated heterocycles. The molecule has 0 bridgehead atoms. The van der Waals surface area contributed by atoms with Crippen LogP contribution < -0.4 is 15.8 Å². The molecule has 5 rings (SSSR count). The number of thiophene rings is 1. The Balaban J connectivity index is 1.71. The van der Waals surface area contributed by atoms with E-state index in [-0.39, 0.29) is 17.9 Å². The molecule has 2 aromatic heterocycles. The Hall–Kier alpha value is -1.39. The van der Waals surface area contributed by atoms with Crippen molar-refractivity contribution in [2.75, 3.05) is 10.8 Å². The maximum Gasteiger partial charge on any atom is 0.249 e. The third-order valence-corrected chi connectivity index (χ3v) is 7.08. The molecular weight excluding hydrogens is 368 g/mol. The molecule has 0 amide bonds. The summed E-state index contributed by atoms with van der Waals surface area (Å²) >= 11 is 3.47. The number of rotatable bonds is 3. The molecular formula is C17H22N6OS2. The molecule has 5 heterocycles. The summed E-state index contributed by atoms with van der Waals surface area (Å²) in [7, 11) is 0. The van der Waals surface area contributed by atoms with Gasteiger partial charge in [0.05, 0.1) is 18.4 Å². The molecule has 138 valence electrons. The number of thioether (sulfide) groups is 1. The molecule has 2 atom stereocenters. The zero-order valence-electron chi connectivity index (χ0n) is 15.1. The Morgan fingerprint density at radius 3 is 3.12 bits per heavy atom. The van der Waals surface area contributed by atoms with Gasteiger partial charge in [-0.3, -0.25) is 10.3 Å². The second kappa shape index (κ2) is 5.80. The summed E-state index contributed by atoms with van der Waals surface area (Å²) < 4.78 is 8.25. The van der Waals surface area contributed by atoms with Crippen LogP contribution in [0.1, 0.15) is 42.9 Å². The Morgan fingerprint density at radius 2 is 2.31 bits per heavy atom. The lowest BCUT2D eigenvalue weighted by molar-refractivity contribution is -0.0385. The molecule has 7 nitrogen and oxygen atoms in total. The van der Waals surface area contributed by atoms with E-state index in [0.29, 0.717) is 6.61 Å². The Morgan fingerprint density at radius 1 is 1.46 bits per heavy atom. The Bertz CT molecular complexity index is 888. The third-order valence-electron chi connectivity index (χ3n) is 4.95. The van der Waals surface area contributed by atoms with Crippen molar-refractivity contribution in [3.8, 4) is 5.00 Å². The van der Waals surface area contributed by atoms with Crippen LogP contribution in [-0.4, -0.2) is 32.3 Å². The maximum absolute atomic E-state index is 6.07. The van der Waals surface area contributed by atoms with Crippen LogP contribution in [0, 0.1) is 0 Å². The van der Waals surface area contributed by atoms with Crippen LogP contribution in [0.5, 0.6) is 0 Å². The first kappa shape index (κ1) is 16.8. The first-order valence-corrected chi connectivity index (χ1v) is 10.6. The van der Waals surface area contributed by atoms with Gasteiger partial charge in [0.15, 0.2) is 5.16 Å². The van der Waals surface area contributed by atoms with Crippen LogP contribution in [0.4, 0.5) is 5.95 Å². The van der Waals surface area contributed by atoms with Gasteiger partial charge in [-0.2, -0.15) is 0 Å². The topological polar surface area (TPSA) is 67.2 Å². The van der Waals surface area contributed by atoms with E-state index in [2.05, 4.69) is 57.9 Å².